The number of carbonyl (C=O) groups is 1. The van der Waals surface area contributed by atoms with Crippen molar-refractivity contribution in [2.75, 3.05) is 19.1 Å². The van der Waals surface area contributed by atoms with Crippen LogP contribution in [0.5, 0.6) is 11.5 Å². The second kappa shape index (κ2) is 9.05. The lowest BCUT2D eigenvalue weighted by Gasteiger charge is -2.30. The van der Waals surface area contributed by atoms with Gasteiger partial charge in [-0.3, -0.25) is 4.79 Å². The number of ether oxygens (including phenoxy) is 2. The lowest BCUT2D eigenvalue weighted by Crippen LogP contribution is -2.36. The Morgan fingerprint density at radius 1 is 1.31 bits per heavy atom. The Morgan fingerprint density at radius 2 is 1.92 bits per heavy atom. The van der Waals surface area contributed by atoms with Crippen molar-refractivity contribution >= 4 is 39.3 Å². The first kappa shape index (κ1) is 20.3. The van der Waals surface area contributed by atoms with E-state index >= 15 is 0 Å². The summed E-state index contributed by atoms with van der Waals surface area (Å²) in [5.41, 5.74) is 6.30. The molecule has 0 fully saturated rings. The summed E-state index contributed by atoms with van der Waals surface area (Å²) in [6.45, 7) is 2.33. The molecule has 1 aromatic heterocycles. The van der Waals surface area contributed by atoms with E-state index in [-0.39, 0.29) is 17.7 Å². The van der Waals surface area contributed by atoms with Crippen LogP contribution in [-0.4, -0.2) is 36.1 Å². The molecule has 0 aliphatic carbocycles. The largest absolute Gasteiger partial charge is 0.497 e. The van der Waals surface area contributed by atoms with Gasteiger partial charge in [-0.25, -0.2) is 4.98 Å². The van der Waals surface area contributed by atoms with Gasteiger partial charge in [0.2, 0.25) is 11.2 Å². The van der Waals surface area contributed by atoms with Gasteiger partial charge in [-0.1, -0.05) is 0 Å². The number of aromatic nitrogens is 2. The Kier molecular flexibility index (Phi) is 7.05. The van der Waals surface area contributed by atoms with Crippen LogP contribution >= 0.6 is 27.5 Å². The highest BCUT2D eigenvalue weighted by Gasteiger charge is 2.22. The Morgan fingerprint density at radius 3 is 2.46 bits per heavy atom. The van der Waals surface area contributed by atoms with Crippen LogP contribution in [0.25, 0.3) is 0 Å². The third kappa shape index (κ3) is 5.22. The van der Waals surface area contributed by atoms with Crippen LogP contribution in [0, 0.1) is 0 Å². The summed E-state index contributed by atoms with van der Waals surface area (Å²) in [4.78, 5) is 21.6. The maximum absolute atomic E-state index is 11.4. The van der Waals surface area contributed by atoms with E-state index in [1.165, 1.54) is 0 Å². The number of methoxy groups -OCH3 is 2. The van der Waals surface area contributed by atoms with Gasteiger partial charge in [0, 0.05) is 31.3 Å². The minimum absolute atomic E-state index is 0.114. The van der Waals surface area contributed by atoms with E-state index in [0.29, 0.717) is 28.3 Å². The quantitative estimate of drug-likeness (QED) is 0.630. The van der Waals surface area contributed by atoms with E-state index in [0.717, 1.165) is 5.56 Å². The van der Waals surface area contributed by atoms with E-state index < -0.39 is 5.91 Å². The molecule has 0 saturated heterocycles. The number of primary amides is 1. The molecule has 2 N–H and O–H groups in total. The van der Waals surface area contributed by atoms with Crippen molar-refractivity contribution in [2.24, 2.45) is 5.73 Å². The van der Waals surface area contributed by atoms with E-state index in [9.17, 15) is 4.79 Å². The molecule has 0 radical (unpaired) electrons. The second-order valence-electron chi connectivity index (χ2n) is 5.68. The predicted molar refractivity (Wildman–Crippen MR) is 104 cm³/mol. The van der Waals surface area contributed by atoms with Gasteiger partial charge in [0.05, 0.1) is 18.7 Å². The molecule has 1 aromatic carbocycles. The van der Waals surface area contributed by atoms with Gasteiger partial charge in [-0.05, 0) is 52.2 Å². The minimum atomic E-state index is -0.401. The molecule has 1 unspecified atom stereocenters. The van der Waals surface area contributed by atoms with E-state index in [2.05, 4.69) is 25.9 Å². The Bertz CT molecular complexity index is 768. The molecular weight excluding hydrogens is 424 g/mol. The second-order valence-corrected chi connectivity index (χ2v) is 6.87. The zero-order chi connectivity index (χ0) is 19.3. The van der Waals surface area contributed by atoms with E-state index in [4.69, 9.17) is 26.8 Å². The monoisotopic (exact) mass is 442 g/mol. The molecule has 1 atom stereocenters. The molecule has 1 amide bonds. The fraction of sp³-hybridized carbons (Fsp3) is 0.353. The molecule has 0 aliphatic rings. The number of halogens is 2. The molecular formula is C17H20BrClN4O3. The topological polar surface area (TPSA) is 90.6 Å². The number of nitrogens with zero attached hydrogens (tertiary/aromatic N) is 3. The average Bonchev–Trinajstić information content (AvgIpc) is 2.60. The standard InChI is InChI=1S/C17H20BrClN4O3/c1-10(4-15(20)24)23(16-14(18)8-21-17(19)22-16)9-11-5-12(25-2)7-13(6-11)26-3/h5-8,10H,4,9H2,1-3H3,(H2,20,24). The number of amides is 1. The van der Waals surface area contributed by atoms with Crippen LogP contribution in [0.4, 0.5) is 5.82 Å². The van der Waals surface area contributed by atoms with Crippen LogP contribution in [0.2, 0.25) is 5.28 Å². The lowest BCUT2D eigenvalue weighted by atomic mass is 10.1. The summed E-state index contributed by atoms with van der Waals surface area (Å²) in [6.07, 6.45) is 1.73. The summed E-state index contributed by atoms with van der Waals surface area (Å²) < 4.78 is 11.3. The van der Waals surface area contributed by atoms with Crippen LogP contribution in [0.3, 0.4) is 0 Å². The molecule has 0 aliphatic heterocycles. The fourth-order valence-electron chi connectivity index (χ4n) is 2.53. The molecule has 0 spiro atoms. The number of carbonyl (C=O) groups excluding carboxylic acids is 1. The fourth-order valence-corrected chi connectivity index (χ4v) is 3.08. The van der Waals surface area contributed by atoms with Crippen LogP contribution in [0.15, 0.2) is 28.9 Å². The van der Waals surface area contributed by atoms with Crippen molar-refractivity contribution in [3.8, 4) is 11.5 Å². The number of nitrogens with two attached hydrogens (primary N) is 1. The van der Waals surface area contributed by atoms with Crippen molar-refractivity contribution < 1.29 is 14.3 Å². The first-order valence-electron chi connectivity index (χ1n) is 7.79. The summed E-state index contributed by atoms with van der Waals surface area (Å²) in [5.74, 6) is 1.51. The number of hydrogen-bond donors (Lipinski definition) is 1. The van der Waals surface area contributed by atoms with Gasteiger partial charge in [-0.15, -0.1) is 0 Å². The van der Waals surface area contributed by atoms with Crippen molar-refractivity contribution in [3.63, 3.8) is 0 Å². The van der Waals surface area contributed by atoms with Gasteiger partial charge < -0.3 is 20.1 Å². The van der Waals surface area contributed by atoms with E-state index in [1.807, 2.05) is 24.0 Å². The summed E-state index contributed by atoms with van der Waals surface area (Å²) in [7, 11) is 3.18. The molecule has 26 heavy (non-hydrogen) atoms. The minimum Gasteiger partial charge on any atom is -0.497 e. The maximum Gasteiger partial charge on any atom is 0.224 e. The van der Waals surface area contributed by atoms with Gasteiger partial charge in [0.15, 0.2) is 0 Å². The van der Waals surface area contributed by atoms with Crippen molar-refractivity contribution in [1.29, 1.82) is 0 Å². The highest BCUT2D eigenvalue weighted by atomic mass is 79.9. The molecule has 7 nitrogen and oxygen atoms in total. The lowest BCUT2D eigenvalue weighted by molar-refractivity contribution is -0.118. The number of anilines is 1. The first-order valence-corrected chi connectivity index (χ1v) is 8.96. The normalized spacial score (nSPS) is 11.7. The average molecular weight is 444 g/mol. The molecule has 0 bridgehead atoms. The summed E-state index contributed by atoms with van der Waals surface area (Å²) >= 11 is 9.41. The molecule has 9 heteroatoms. The van der Waals surface area contributed by atoms with Gasteiger partial charge in [-0.2, -0.15) is 4.98 Å². The number of rotatable bonds is 8. The molecule has 2 aromatic rings. The van der Waals surface area contributed by atoms with Crippen molar-refractivity contribution in [3.05, 3.63) is 39.7 Å². The Balaban J connectivity index is 2.44. The van der Waals surface area contributed by atoms with Gasteiger partial charge in [0.1, 0.15) is 17.3 Å². The van der Waals surface area contributed by atoms with Crippen LogP contribution < -0.4 is 20.1 Å². The zero-order valence-electron chi connectivity index (χ0n) is 14.7. The third-order valence-electron chi connectivity index (χ3n) is 3.76. The summed E-state index contributed by atoms with van der Waals surface area (Å²) in [5, 5.41) is 0.114. The van der Waals surface area contributed by atoms with Crippen molar-refractivity contribution in [1.82, 2.24) is 9.97 Å². The van der Waals surface area contributed by atoms with Gasteiger partial charge in [0.25, 0.3) is 0 Å². The Labute approximate surface area is 165 Å². The predicted octanol–water partition coefficient (Wildman–Crippen LogP) is 3.18. The maximum atomic E-state index is 11.4. The van der Waals surface area contributed by atoms with Gasteiger partial charge >= 0.3 is 0 Å². The smallest absolute Gasteiger partial charge is 0.224 e. The Hall–Kier alpha value is -2.06. The first-order chi connectivity index (χ1) is 12.3. The number of hydrogen-bond acceptors (Lipinski definition) is 6. The molecule has 1 heterocycles. The van der Waals surface area contributed by atoms with Crippen LogP contribution in [0.1, 0.15) is 18.9 Å². The zero-order valence-corrected chi connectivity index (χ0v) is 17.0. The SMILES string of the molecule is COc1cc(CN(c2nc(Cl)ncc2Br)C(C)CC(N)=O)cc(OC)c1. The van der Waals surface area contributed by atoms with Crippen LogP contribution in [-0.2, 0) is 11.3 Å². The molecule has 140 valence electrons. The highest BCUT2D eigenvalue weighted by molar-refractivity contribution is 9.10. The highest BCUT2D eigenvalue weighted by Crippen LogP contribution is 2.30. The van der Waals surface area contributed by atoms with Crippen molar-refractivity contribution in [2.45, 2.75) is 25.9 Å². The number of benzene rings is 1. The summed E-state index contributed by atoms with van der Waals surface area (Å²) in [6, 6.07) is 5.36. The molecule has 2 rings (SSSR count). The molecule has 0 saturated carbocycles. The van der Waals surface area contributed by atoms with E-state index in [1.54, 1.807) is 26.5 Å². The third-order valence-corrected chi connectivity index (χ3v) is 4.50.